The molecule has 0 unspecified atom stereocenters. The molecule has 3 heterocycles. The molecule has 7 heteroatoms. The van der Waals surface area contributed by atoms with Gasteiger partial charge in [-0.05, 0) is 18.6 Å². The molecule has 0 spiro atoms. The lowest BCUT2D eigenvalue weighted by Gasteiger charge is -2.34. The molecule has 1 saturated heterocycles. The smallest absolute Gasteiger partial charge is 0.226 e. The van der Waals surface area contributed by atoms with E-state index in [1.165, 1.54) is 0 Å². The van der Waals surface area contributed by atoms with E-state index in [1.54, 1.807) is 19.3 Å². The number of rotatable bonds is 2. The Morgan fingerprint density at radius 3 is 2.57 bits per heavy atom. The lowest BCUT2D eigenvalue weighted by atomic mass is 10.1. The van der Waals surface area contributed by atoms with Crippen molar-refractivity contribution in [2.75, 3.05) is 31.1 Å². The van der Waals surface area contributed by atoms with Gasteiger partial charge in [0.05, 0.1) is 16.9 Å². The second-order valence-electron chi connectivity index (χ2n) is 5.53. The summed E-state index contributed by atoms with van der Waals surface area (Å²) in [6.07, 6.45) is 3.34. The van der Waals surface area contributed by atoms with Crippen LogP contribution < -0.4 is 4.90 Å². The monoisotopic (exact) mass is 331 g/mol. The predicted molar refractivity (Wildman–Crippen MR) is 89.5 cm³/mol. The topological polar surface area (TPSA) is 62.2 Å². The van der Waals surface area contributed by atoms with E-state index in [4.69, 9.17) is 11.6 Å². The zero-order valence-corrected chi connectivity index (χ0v) is 13.9. The second kappa shape index (κ2) is 6.50. The van der Waals surface area contributed by atoms with E-state index in [-0.39, 0.29) is 5.91 Å². The summed E-state index contributed by atoms with van der Waals surface area (Å²) in [4.78, 5) is 28.6. The van der Waals surface area contributed by atoms with Crippen LogP contribution in [0, 0.1) is 6.92 Å². The number of aryl methyl sites for hydroxylation is 1. The molecule has 0 saturated carbocycles. The van der Waals surface area contributed by atoms with Crippen molar-refractivity contribution >= 4 is 23.5 Å². The lowest BCUT2D eigenvalue weighted by molar-refractivity contribution is -0.129. The Balaban J connectivity index is 1.87. The normalized spacial score (nSPS) is 14.9. The Morgan fingerprint density at radius 2 is 1.91 bits per heavy atom. The van der Waals surface area contributed by atoms with Gasteiger partial charge in [0.25, 0.3) is 0 Å². The van der Waals surface area contributed by atoms with Gasteiger partial charge in [0.1, 0.15) is 5.69 Å². The van der Waals surface area contributed by atoms with Gasteiger partial charge in [0, 0.05) is 39.3 Å². The molecular formula is C16H18ClN5O. The number of hydrogen-bond acceptors (Lipinski definition) is 5. The van der Waals surface area contributed by atoms with E-state index < -0.39 is 0 Å². The summed E-state index contributed by atoms with van der Waals surface area (Å²) in [6, 6.07) is 3.86. The molecule has 2 aromatic heterocycles. The number of pyridine rings is 1. The first kappa shape index (κ1) is 15.7. The largest absolute Gasteiger partial charge is 0.339 e. The number of carbonyl (C=O) groups excluding carboxylic acids is 1. The van der Waals surface area contributed by atoms with E-state index in [9.17, 15) is 4.79 Å². The maximum absolute atomic E-state index is 11.4. The number of carbonyl (C=O) groups is 1. The molecule has 23 heavy (non-hydrogen) atoms. The average molecular weight is 332 g/mol. The molecule has 6 nitrogen and oxygen atoms in total. The summed E-state index contributed by atoms with van der Waals surface area (Å²) >= 11 is 6.27. The quantitative estimate of drug-likeness (QED) is 0.844. The van der Waals surface area contributed by atoms with Gasteiger partial charge in [-0.25, -0.2) is 9.97 Å². The molecule has 1 aliphatic rings. The highest BCUT2D eigenvalue weighted by Gasteiger charge is 2.21. The summed E-state index contributed by atoms with van der Waals surface area (Å²) in [7, 11) is 0. The Kier molecular flexibility index (Phi) is 4.43. The molecule has 0 atom stereocenters. The first-order chi connectivity index (χ1) is 11.1. The van der Waals surface area contributed by atoms with Gasteiger partial charge in [-0.3, -0.25) is 9.78 Å². The summed E-state index contributed by atoms with van der Waals surface area (Å²) < 4.78 is 0. The highest BCUT2D eigenvalue weighted by Crippen LogP contribution is 2.27. The molecule has 1 amide bonds. The van der Waals surface area contributed by atoms with Crippen LogP contribution in [0.3, 0.4) is 0 Å². The Hall–Kier alpha value is -2.21. The molecule has 0 radical (unpaired) electrons. The minimum Gasteiger partial charge on any atom is -0.339 e. The standard InChI is InChI=1S/C16H18ClN5O/c1-11-4-3-5-18-14(11)15-13(17)10-19-16(20-15)22-8-6-21(7-9-22)12(2)23/h3-5,10H,6-9H2,1-2H3. The van der Waals surface area contributed by atoms with Gasteiger partial charge < -0.3 is 9.80 Å². The maximum Gasteiger partial charge on any atom is 0.226 e. The van der Waals surface area contributed by atoms with Gasteiger partial charge in [0.2, 0.25) is 11.9 Å². The number of amides is 1. The molecular weight excluding hydrogens is 314 g/mol. The second-order valence-corrected chi connectivity index (χ2v) is 5.94. The first-order valence-corrected chi connectivity index (χ1v) is 7.89. The highest BCUT2D eigenvalue weighted by atomic mass is 35.5. The Morgan fingerprint density at radius 1 is 1.17 bits per heavy atom. The number of aromatic nitrogens is 3. The third-order valence-corrected chi connectivity index (χ3v) is 4.25. The van der Waals surface area contributed by atoms with Crippen LogP contribution in [0.5, 0.6) is 0 Å². The van der Waals surface area contributed by atoms with Gasteiger partial charge in [-0.2, -0.15) is 0 Å². The van der Waals surface area contributed by atoms with Crippen LogP contribution >= 0.6 is 11.6 Å². The fraction of sp³-hybridized carbons (Fsp3) is 0.375. The number of nitrogens with zero attached hydrogens (tertiary/aromatic N) is 5. The van der Waals surface area contributed by atoms with Gasteiger partial charge >= 0.3 is 0 Å². The summed E-state index contributed by atoms with van der Waals surface area (Å²) in [5.41, 5.74) is 2.42. The first-order valence-electron chi connectivity index (χ1n) is 7.51. The molecule has 0 bridgehead atoms. The molecule has 120 valence electrons. The lowest BCUT2D eigenvalue weighted by Crippen LogP contribution is -2.48. The van der Waals surface area contributed by atoms with Crippen molar-refractivity contribution in [2.24, 2.45) is 0 Å². The average Bonchev–Trinajstić information content (AvgIpc) is 2.56. The van der Waals surface area contributed by atoms with Crippen molar-refractivity contribution in [3.8, 4) is 11.4 Å². The highest BCUT2D eigenvalue weighted by molar-refractivity contribution is 6.32. The SMILES string of the molecule is CC(=O)N1CCN(c2ncc(Cl)c(-c3ncccc3C)n2)CC1. The summed E-state index contributed by atoms with van der Waals surface area (Å²) in [6.45, 7) is 6.35. The third kappa shape index (κ3) is 3.27. The zero-order valence-electron chi connectivity index (χ0n) is 13.2. The van der Waals surface area contributed by atoms with Crippen LogP contribution in [0.2, 0.25) is 5.02 Å². The van der Waals surface area contributed by atoms with Crippen molar-refractivity contribution in [3.63, 3.8) is 0 Å². The minimum absolute atomic E-state index is 0.103. The van der Waals surface area contributed by atoms with Gasteiger partial charge in [-0.15, -0.1) is 0 Å². The van der Waals surface area contributed by atoms with Crippen molar-refractivity contribution in [1.29, 1.82) is 0 Å². The van der Waals surface area contributed by atoms with E-state index in [2.05, 4.69) is 19.9 Å². The molecule has 0 aliphatic carbocycles. The predicted octanol–water partition coefficient (Wildman–Crippen LogP) is 2.17. The summed E-state index contributed by atoms with van der Waals surface area (Å²) in [5.74, 6) is 0.726. The van der Waals surface area contributed by atoms with Crippen LogP contribution in [0.4, 0.5) is 5.95 Å². The van der Waals surface area contributed by atoms with Crippen molar-refractivity contribution < 1.29 is 4.79 Å². The molecule has 0 aromatic carbocycles. The fourth-order valence-corrected chi connectivity index (χ4v) is 2.81. The maximum atomic E-state index is 11.4. The van der Waals surface area contributed by atoms with Crippen LogP contribution in [0.15, 0.2) is 24.5 Å². The van der Waals surface area contributed by atoms with Crippen LogP contribution in [-0.4, -0.2) is 51.9 Å². The van der Waals surface area contributed by atoms with Crippen LogP contribution in [-0.2, 0) is 4.79 Å². The minimum atomic E-state index is 0.103. The molecule has 2 aromatic rings. The molecule has 3 rings (SSSR count). The van der Waals surface area contributed by atoms with E-state index in [0.717, 1.165) is 11.3 Å². The number of hydrogen-bond donors (Lipinski definition) is 0. The summed E-state index contributed by atoms with van der Waals surface area (Å²) in [5, 5.41) is 0.484. The third-order valence-electron chi connectivity index (χ3n) is 3.97. The van der Waals surface area contributed by atoms with E-state index in [1.807, 2.05) is 24.0 Å². The molecule has 1 aliphatic heterocycles. The Labute approximate surface area is 140 Å². The van der Waals surface area contributed by atoms with Gasteiger partial charge in [0.15, 0.2) is 0 Å². The molecule has 0 N–H and O–H groups in total. The van der Waals surface area contributed by atoms with Gasteiger partial charge in [-0.1, -0.05) is 17.7 Å². The number of halogens is 1. The number of piperazine rings is 1. The number of anilines is 1. The Bertz CT molecular complexity index is 728. The van der Waals surface area contributed by atoms with Crippen molar-refractivity contribution in [3.05, 3.63) is 35.1 Å². The van der Waals surface area contributed by atoms with Crippen LogP contribution in [0.1, 0.15) is 12.5 Å². The van der Waals surface area contributed by atoms with Crippen LogP contribution in [0.25, 0.3) is 11.4 Å². The molecule has 1 fully saturated rings. The zero-order chi connectivity index (χ0) is 16.4. The fourth-order valence-electron chi connectivity index (χ4n) is 2.63. The van der Waals surface area contributed by atoms with Crippen molar-refractivity contribution in [2.45, 2.75) is 13.8 Å². The van der Waals surface area contributed by atoms with Crippen molar-refractivity contribution in [1.82, 2.24) is 19.9 Å². The van der Waals surface area contributed by atoms with E-state index >= 15 is 0 Å². The van der Waals surface area contributed by atoms with E-state index in [0.29, 0.717) is 42.8 Å².